The van der Waals surface area contributed by atoms with Gasteiger partial charge in [0.2, 0.25) is 0 Å². The van der Waals surface area contributed by atoms with E-state index < -0.39 is 6.10 Å². The van der Waals surface area contributed by atoms with E-state index in [2.05, 4.69) is 57.2 Å². The van der Waals surface area contributed by atoms with Gasteiger partial charge in [0, 0.05) is 19.3 Å². The Bertz CT molecular complexity index is 1380. The third kappa shape index (κ3) is 70.3. The van der Waals surface area contributed by atoms with Crippen LogP contribution < -0.4 is 0 Å². The number of hydrogen-bond acceptors (Lipinski definition) is 6. The summed E-state index contributed by atoms with van der Waals surface area (Å²) in [5.41, 5.74) is 0. The number of allylic oxidation sites excluding steroid dienone is 6. The molecular weight excluding hydrogens is 1020 g/mol. The van der Waals surface area contributed by atoms with Gasteiger partial charge < -0.3 is 14.2 Å². The topological polar surface area (TPSA) is 78.9 Å². The first-order valence-corrected chi connectivity index (χ1v) is 37.5. The molecule has 0 N–H and O–H groups in total. The first-order valence-electron chi connectivity index (χ1n) is 37.5. The van der Waals surface area contributed by atoms with Crippen molar-refractivity contribution in [1.29, 1.82) is 0 Å². The monoisotopic (exact) mass is 1170 g/mol. The lowest BCUT2D eigenvalue weighted by molar-refractivity contribution is -0.167. The van der Waals surface area contributed by atoms with Gasteiger partial charge in [-0.05, 0) is 77.0 Å². The molecule has 0 fully saturated rings. The van der Waals surface area contributed by atoms with Crippen molar-refractivity contribution < 1.29 is 28.6 Å². The largest absolute Gasteiger partial charge is 0.462 e. The van der Waals surface area contributed by atoms with E-state index in [0.29, 0.717) is 19.3 Å². The number of rotatable bonds is 70. The molecule has 0 radical (unpaired) electrons. The van der Waals surface area contributed by atoms with Crippen molar-refractivity contribution in [3.8, 4) is 0 Å². The Kier molecular flexibility index (Phi) is 70.0. The van der Waals surface area contributed by atoms with Gasteiger partial charge in [-0.2, -0.15) is 0 Å². The lowest BCUT2D eigenvalue weighted by Gasteiger charge is -2.18. The Balaban J connectivity index is 4.25. The first-order chi connectivity index (χ1) is 41.0. The highest BCUT2D eigenvalue weighted by Crippen LogP contribution is 2.19. The molecule has 0 saturated carbocycles. The van der Waals surface area contributed by atoms with Crippen LogP contribution in [0.25, 0.3) is 0 Å². The van der Waals surface area contributed by atoms with Gasteiger partial charge in [-0.25, -0.2) is 0 Å². The van der Waals surface area contributed by atoms with Crippen LogP contribution in [-0.2, 0) is 28.6 Å². The molecule has 0 bridgehead atoms. The summed E-state index contributed by atoms with van der Waals surface area (Å²) in [5.74, 6) is -0.854. The molecule has 6 nitrogen and oxygen atoms in total. The molecule has 0 saturated heterocycles. The average molecular weight is 1170 g/mol. The fourth-order valence-corrected chi connectivity index (χ4v) is 11.5. The molecule has 0 aliphatic rings. The predicted molar refractivity (Wildman–Crippen MR) is 362 cm³/mol. The normalized spacial score (nSPS) is 12.2. The molecule has 1 atom stereocenters. The van der Waals surface area contributed by atoms with Gasteiger partial charge in [0.05, 0.1) is 0 Å². The van der Waals surface area contributed by atoms with Gasteiger partial charge in [0.1, 0.15) is 13.2 Å². The van der Waals surface area contributed by atoms with E-state index in [1.165, 1.54) is 302 Å². The van der Waals surface area contributed by atoms with Crippen LogP contribution in [0.1, 0.15) is 419 Å². The average Bonchev–Trinajstić information content (AvgIpc) is 3.49. The summed E-state index contributed by atoms with van der Waals surface area (Å²) in [4.78, 5) is 38.5. The fourth-order valence-electron chi connectivity index (χ4n) is 11.5. The number of ether oxygens (including phenoxy) is 3. The van der Waals surface area contributed by atoms with Crippen molar-refractivity contribution >= 4 is 17.9 Å². The summed E-state index contributed by atoms with van der Waals surface area (Å²) in [5, 5.41) is 0. The Morgan fingerprint density at radius 2 is 0.434 bits per heavy atom. The van der Waals surface area contributed by atoms with Gasteiger partial charge >= 0.3 is 17.9 Å². The minimum absolute atomic E-state index is 0.0716. The molecule has 83 heavy (non-hydrogen) atoms. The summed E-state index contributed by atoms with van der Waals surface area (Å²) >= 11 is 0. The van der Waals surface area contributed by atoms with E-state index in [4.69, 9.17) is 14.2 Å². The minimum atomic E-state index is -0.777. The van der Waals surface area contributed by atoms with Crippen LogP contribution in [0, 0.1) is 0 Å². The van der Waals surface area contributed by atoms with E-state index in [0.717, 1.165) is 77.0 Å². The smallest absolute Gasteiger partial charge is 0.306 e. The highest BCUT2D eigenvalue weighted by molar-refractivity contribution is 5.71. The zero-order valence-corrected chi connectivity index (χ0v) is 56.2. The zero-order chi connectivity index (χ0) is 59.9. The van der Waals surface area contributed by atoms with Crippen LogP contribution in [0.5, 0.6) is 0 Å². The second-order valence-corrected chi connectivity index (χ2v) is 25.6. The van der Waals surface area contributed by atoms with Crippen LogP contribution in [-0.4, -0.2) is 37.2 Å². The predicted octanol–water partition coefficient (Wildman–Crippen LogP) is 25.9. The molecule has 0 aliphatic carbocycles. The molecule has 1 unspecified atom stereocenters. The molecule has 0 aliphatic heterocycles. The molecule has 0 spiro atoms. The molecule has 0 aromatic carbocycles. The summed E-state index contributed by atoms with van der Waals surface area (Å²) < 4.78 is 17.0. The Hall–Kier alpha value is -2.37. The van der Waals surface area contributed by atoms with Crippen LogP contribution in [0.4, 0.5) is 0 Å². The maximum atomic E-state index is 13.0. The van der Waals surface area contributed by atoms with Crippen LogP contribution in [0.15, 0.2) is 36.5 Å². The highest BCUT2D eigenvalue weighted by Gasteiger charge is 2.20. The SMILES string of the molecule is CCCCC/C=C\C/C=C\CCCCCCCC(=O)OCC(COC(=O)CCCCCCCCCCCCCCC/C=C\CCCCCCCCCC)OC(=O)CCCCCCCCCCCCCCCCCCCCCCCCCCC. The maximum absolute atomic E-state index is 13.0. The molecular formula is C77H144O6. The van der Waals surface area contributed by atoms with Gasteiger partial charge in [-0.15, -0.1) is 0 Å². The van der Waals surface area contributed by atoms with Gasteiger partial charge in [-0.3, -0.25) is 14.4 Å². The van der Waals surface area contributed by atoms with E-state index >= 15 is 0 Å². The number of esters is 3. The number of unbranched alkanes of at least 4 members (excludes halogenated alkanes) is 53. The number of hydrogen-bond donors (Lipinski definition) is 0. The van der Waals surface area contributed by atoms with Crippen molar-refractivity contribution in [1.82, 2.24) is 0 Å². The van der Waals surface area contributed by atoms with E-state index in [1.54, 1.807) is 0 Å². The van der Waals surface area contributed by atoms with Gasteiger partial charge in [-0.1, -0.05) is 359 Å². The zero-order valence-electron chi connectivity index (χ0n) is 56.2. The fraction of sp³-hybridized carbons (Fsp3) is 0.883. The number of carbonyl (C=O) groups excluding carboxylic acids is 3. The summed E-state index contributed by atoms with van der Waals surface area (Å²) in [6.45, 7) is 6.69. The lowest BCUT2D eigenvalue weighted by atomic mass is 10.0. The van der Waals surface area contributed by atoms with E-state index in [9.17, 15) is 14.4 Å². The Morgan fingerprint density at radius 1 is 0.241 bits per heavy atom. The van der Waals surface area contributed by atoms with Crippen molar-refractivity contribution in [2.45, 2.75) is 425 Å². The van der Waals surface area contributed by atoms with Crippen molar-refractivity contribution in [3.63, 3.8) is 0 Å². The number of carbonyl (C=O) groups is 3. The van der Waals surface area contributed by atoms with Gasteiger partial charge in [0.15, 0.2) is 6.10 Å². The molecule has 0 aromatic rings. The highest BCUT2D eigenvalue weighted by atomic mass is 16.6. The summed E-state index contributed by atoms with van der Waals surface area (Å²) in [6, 6.07) is 0. The summed E-state index contributed by atoms with van der Waals surface area (Å²) in [7, 11) is 0. The van der Waals surface area contributed by atoms with Crippen LogP contribution in [0.3, 0.4) is 0 Å². The van der Waals surface area contributed by atoms with Crippen molar-refractivity contribution in [2.75, 3.05) is 13.2 Å². The molecule has 488 valence electrons. The second kappa shape index (κ2) is 72.1. The summed E-state index contributed by atoms with van der Waals surface area (Å²) in [6.07, 6.45) is 90.5. The first kappa shape index (κ1) is 80.6. The quantitative estimate of drug-likeness (QED) is 0.0261. The van der Waals surface area contributed by atoms with Crippen molar-refractivity contribution in [3.05, 3.63) is 36.5 Å². The maximum Gasteiger partial charge on any atom is 0.306 e. The molecule has 0 amide bonds. The third-order valence-corrected chi connectivity index (χ3v) is 17.1. The van der Waals surface area contributed by atoms with Crippen LogP contribution >= 0.6 is 0 Å². The van der Waals surface area contributed by atoms with Gasteiger partial charge in [0.25, 0.3) is 0 Å². The van der Waals surface area contributed by atoms with E-state index in [-0.39, 0.29) is 31.1 Å². The Morgan fingerprint density at radius 3 is 0.699 bits per heavy atom. The molecule has 0 heterocycles. The standard InChI is InChI=1S/C77H144O6/c1-4-7-10-13-16-19-22-25-28-30-32-34-36-38-40-42-44-46-49-52-55-58-61-64-67-70-76(79)82-73-74(72-81-75(78)69-66-63-60-57-54-51-48-27-24-21-18-15-12-9-6-3)83-77(80)71-68-65-62-59-56-53-50-47-45-43-41-39-37-35-33-31-29-26-23-20-17-14-11-8-5-2/h18,21,27,30,32,48,74H,4-17,19-20,22-26,28-29,31,33-47,49-73H2,1-3H3/b21-18-,32-30-,48-27-. The molecule has 6 heteroatoms. The Labute approximate surface area is 518 Å². The second-order valence-electron chi connectivity index (χ2n) is 25.6. The molecule has 0 aromatic heterocycles. The van der Waals surface area contributed by atoms with E-state index in [1.807, 2.05) is 0 Å². The van der Waals surface area contributed by atoms with Crippen LogP contribution in [0.2, 0.25) is 0 Å². The molecule has 0 rings (SSSR count). The minimum Gasteiger partial charge on any atom is -0.462 e. The van der Waals surface area contributed by atoms with Crippen molar-refractivity contribution in [2.24, 2.45) is 0 Å². The third-order valence-electron chi connectivity index (χ3n) is 17.1. The lowest BCUT2D eigenvalue weighted by Crippen LogP contribution is -2.30.